The molecule has 8 heteroatoms. The zero-order valence-corrected chi connectivity index (χ0v) is 16.5. The molecule has 0 aliphatic rings. The van der Waals surface area contributed by atoms with Crippen molar-refractivity contribution in [3.63, 3.8) is 0 Å². The quantitative estimate of drug-likeness (QED) is 0.413. The van der Waals surface area contributed by atoms with E-state index in [4.69, 9.17) is 23.2 Å². The Morgan fingerprint density at radius 3 is 2.72 bits per heavy atom. The van der Waals surface area contributed by atoms with Crippen LogP contribution < -0.4 is 10.9 Å². The third-order valence-electron chi connectivity index (χ3n) is 3.38. The second kappa shape index (κ2) is 8.27. The number of thioether (sulfide) groups is 1. The number of hydrogen-bond acceptors (Lipinski definition) is 5. The van der Waals surface area contributed by atoms with E-state index in [1.165, 1.54) is 16.9 Å². The van der Waals surface area contributed by atoms with Crippen LogP contribution in [0, 0.1) is 6.92 Å². The summed E-state index contributed by atoms with van der Waals surface area (Å²) in [6, 6.07) is 11.8. The third kappa shape index (κ3) is 4.79. The molecule has 0 bridgehead atoms. The summed E-state index contributed by atoms with van der Waals surface area (Å²) < 4.78 is 0.904. The number of aromatic nitrogens is 1. The number of thiazole rings is 1. The van der Waals surface area contributed by atoms with Gasteiger partial charge in [-0.3, -0.25) is 15.6 Å². The molecule has 0 fully saturated rings. The number of aryl methyl sites for hydroxylation is 1. The van der Waals surface area contributed by atoms with Gasteiger partial charge in [0.05, 0.1) is 14.7 Å². The van der Waals surface area contributed by atoms with E-state index in [0.717, 1.165) is 9.60 Å². The Morgan fingerprint density at radius 1 is 1.20 bits per heavy atom. The van der Waals surface area contributed by atoms with E-state index in [0.29, 0.717) is 32.9 Å². The largest absolute Gasteiger partial charge is 0.273 e. The molecule has 0 saturated heterocycles. The number of carbonyl (C=O) groups is 1. The lowest BCUT2D eigenvalue weighted by molar-refractivity contribution is -0.120. The summed E-state index contributed by atoms with van der Waals surface area (Å²) in [6.07, 6.45) is 0.406. The topological polar surface area (TPSA) is 54.0 Å². The van der Waals surface area contributed by atoms with E-state index in [2.05, 4.69) is 47.0 Å². The van der Waals surface area contributed by atoms with Gasteiger partial charge in [-0.05, 0) is 31.2 Å². The first kappa shape index (κ1) is 18.3. The van der Waals surface area contributed by atoms with Crippen LogP contribution in [0.1, 0.15) is 12.0 Å². The average Bonchev–Trinajstić information content (AvgIpc) is 3.02. The first-order valence-corrected chi connectivity index (χ1v) is 10.1. The Hall–Kier alpha value is -1.47. The van der Waals surface area contributed by atoms with Crippen LogP contribution in [0.4, 0.5) is 5.13 Å². The molecule has 4 nitrogen and oxygen atoms in total. The maximum absolute atomic E-state index is 11.9. The number of nitrogens with one attached hydrogen (secondary N) is 2. The van der Waals surface area contributed by atoms with Crippen LogP contribution in [0.15, 0.2) is 41.3 Å². The monoisotopic (exact) mass is 411 g/mol. The molecule has 3 rings (SSSR count). The van der Waals surface area contributed by atoms with Gasteiger partial charge in [0.25, 0.3) is 0 Å². The van der Waals surface area contributed by atoms with E-state index in [1.54, 1.807) is 17.8 Å². The van der Waals surface area contributed by atoms with Crippen LogP contribution in [0.25, 0.3) is 10.2 Å². The molecule has 2 aromatic carbocycles. The van der Waals surface area contributed by atoms with E-state index < -0.39 is 0 Å². The van der Waals surface area contributed by atoms with Gasteiger partial charge in [0.2, 0.25) is 11.0 Å². The lowest BCUT2D eigenvalue weighted by Crippen LogP contribution is -2.29. The second-order valence-corrected chi connectivity index (χ2v) is 8.30. The van der Waals surface area contributed by atoms with Crippen molar-refractivity contribution in [2.45, 2.75) is 18.2 Å². The maximum atomic E-state index is 11.9. The van der Waals surface area contributed by atoms with Gasteiger partial charge in [-0.1, -0.05) is 52.2 Å². The van der Waals surface area contributed by atoms with Gasteiger partial charge in [-0.2, -0.15) is 0 Å². The number of amides is 1. The molecule has 0 saturated carbocycles. The van der Waals surface area contributed by atoms with Gasteiger partial charge in [0.15, 0.2) is 0 Å². The van der Waals surface area contributed by atoms with Crippen molar-refractivity contribution in [2.24, 2.45) is 0 Å². The van der Waals surface area contributed by atoms with Gasteiger partial charge in [0.1, 0.15) is 5.52 Å². The van der Waals surface area contributed by atoms with Gasteiger partial charge in [-0.25, -0.2) is 4.98 Å². The minimum atomic E-state index is -0.0944. The number of carbonyl (C=O) groups excluding carboxylic acids is 1. The molecule has 2 N–H and O–H groups in total. The summed E-state index contributed by atoms with van der Waals surface area (Å²) in [5, 5.41) is 1.45. The number of fused-ring (bicyclic) bond motifs is 1. The van der Waals surface area contributed by atoms with Gasteiger partial charge < -0.3 is 0 Å². The molecule has 1 amide bonds. The normalized spacial score (nSPS) is 10.8. The van der Waals surface area contributed by atoms with Crippen LogP contribution in [-0.4, -0.2) is 16.6 Å². The molecule has 0 aliphatic carbocycles. The highest BCUT2D eigenvalue weighted by Gasteiger charge is 2.10. The van der Waals surface area contributed by atoms with E-state index in [1.807, 2.05) is 6.07 Å². The molecular formula is C17H15Cl2N3OS2. The Balaban J connectivity index is 1.49. The Morgan fingerprint density at radius 2 is 1.96 bits per heavy atom. The highest BCUT2D eigenvalue weighted by Crippen LogP contribution is 2.34. The van der Waals surface area contributed by atoms with Gasteiger partial charge in [-0.15, -0.1) is 11.8 Å². The van der Waals surface area contributed by atoms with Crippen molar-refractivity contribution in [1.29, 1.82) is 0 Å². The van der Waals surface area contributed by atoms with Crippen molar-refractivity contribution >= 4 is 67.6 Å². The number of anilines is 1. The lowest BCUT2D eigenvalue weighted by Gasteiger charge is -2.05. The predicted octanol–water partition coefficient (Wildman–Crippen LogP) is 5.54. The minimum Gasteiger partial charge on any atom is -0.273 e. The zero-order valence-electron chi connectivity index (χ0n) is 13.3. The molecule has 0 radical (unpaired) electrons. The fourth-order valence-corrected chi connectivity index (χ4v) is 4.17. The van der Waals surface area contributed by atoms with Crippen molar-refractivity contribution in [3.8, 4) is 0 Å². The van der Waals surface area contributed by atoms with Crippen molar-refractivity contribution in [2.75, 3.05) is 11.2 Å². The second-order valence-electron chi connectivity index (χ2n) is 5.31. The number of rotatable bonds is 6. The van der Waals surface area contributed by atoms with Crippen LogP contribution in [0.2, 0.25) is 10.0 Å². The summed E-state index contributed by atoms with van der Waals surface area (Å²) in [6.45, 7) is 2.05. The molecule has 3 aromatic rings. The maximum Gasteiger partial charge on any atom is 0.239 e. The Kier molecular flexibility index (Phi) is 6.06. The minimum absolute atomic E-state index is 0.0944. The molecule has 0 aliphatic heterocycles. The number of hydrazine groups is 1. The molecule has 1 heterocycles. The number of halogens is 2. The molecule has 0 unspecified atom stereocenters. The molecule has 130 valence electrons. The van der Waals surface area contributed by atoms with Crippen molar-refractivity contribution < 1.29 is 4.79 Å². The molecular weight excluding hydrogens is 397 g/mol. The van der Waals surface area contributed by atoms with Gasteiger partial charge in [0, 0.05) is 17.1 Å². The first-order valence-electron chi connectivity index (χ1n) is 7.52. The number of benzene rings is 2. The standard InChI is InChI=1S/C17H15Cl2N3OS2/c1-10-2-4-11(5-3-10)24-9-8-14(23)21-22-17-20-16-13(25-17)7-6-12(18)15(16)19/h2-7H,8-9H2,1H3,(H,20,22)(H,21,23). The molecule has 1 aromatic heterocycles. The molecule has 25 heavy (non-hydrogen) atoms. The summed E-state index contributed by atoms with van der Waals surface area (Å²) >= 11 is 15.2. The summed E-state index contributed by atoms with van der Waals surface area (Å²) in [5.41, 5.74) is 7.35. The summed E-state index contributed by atoms with van der Waals surface area (Å²) in [5.74, 6) is 0.612. The molecule has 0 atom stereocenters. The highest BCUT2D eigenvalue weighted by molar-refractivity contribution is 7.99. The van der Waals surface area contributed by atoms with Crippen molar-refractivity contribution in [1.82, 2.24) is 10.4 Å². The Labute approximate surface area is 163 Å². The highest BCUT2D eigenvalue weighted by atomic mass is 35.5. The van der Waals surface area contributed by atoms with Crippen molar-refractivity contribution in [3.05, 3.63) is 52.0 Å². The van der Waals surface area contributed by atoms with Crippen LogP contribution in [0.5, 0.6) is 0 Å². The lowest BCUT2D eigenvalue weighted by atomic mass is 10.2. The van der Waals surface area contributed by atoms with Gasteiger partial charge >= 0.3 is 0 Å². The van der Waals surface area contributed by atoms with E-state index >= 15 is 0 Å². The fourth-order valence-electron chi connectivity index (χ4n) is 2.07. The third-order valence-corrected chi connectivity index (χ3v) is 6.12. The van der Waals surface area contributed by atoms with E-state index in [-0.39, 0.29) is 5.91 Å². The first-order chi connectivity index (χ1) is 12.0. The van der Waals surface area contributed by atoms with E-state index in [9.17, 15) is 4.79 Å². The number of hydrogen-bond donors (Lipinski definition) is 2. The van der Waals surface area contributed by atoms with Crippen LogP contribution >= 0.6 is 46.3 Å². The number of nitrogens with zero attached hydrogens (tertiary/aromatic N) is 1. The average molecular weight is 412 g/mol. The Bertz CT molecular complexity index is 897. The fraction of sp³-hybridized carbons (Fsp3) is 0.176. The summed E-state index contributed by atoms with van der Waals surface area (Å²) in [4.78, 5) is 17.4. The molecule has 0 spiro atoms. The SMILES string of the molecule is Cc1ccc(SCCC(=O)NNc2nc3c(Cl)c(Cl)ccc3s2)cc1. The van der Waals surface area contributed by atoms with Crippen LogP contribution in [0.3, 0.4) is 0 Å². The zero-order chi connectivity index (χ0) is 17.8. The smallest absolute Gasteiger partial charge is 0.239 e. The van der Waals surface area contributed by atoms with Crippen LogP contribution in [-0.2, 0) is 4.79 Å². The predicted molar refractivity (Wildman–Crippen MR) is 108 cm³/mol. The summed E-state index contributed by atoms with van der Waals surface area (Å²) in [7, 11) is 0.